The van der Waals surface area contributed by atoms with Gasteiger partial charge in [0.1, 0.15) is 0 Å². The van der Waals surface area contributed by atoms with Gasteiger partial charge in [0, 0.05) is 30.1 Å². The Hall–Kier alpha value is -1.87. The average molecular weight is 256 g/mol. The van der Waals surface area contributed by atoms with Crippen LogP contribution in [0.3, 0.4) is 0 Å². The van der Waals surface area contributed by atoms with Crippen molar-refractivity contribution in [3.8, 4) is 5.69 Å². The van der Waals surface area contributed by atoms with E-state index in [1.807, 2.05) is 13.1 Å². The van der Waals surface area contributed by atoms with Gasteiger partial charge in [0.05, 0.1) is 5.69 Å². The van der Waals surface area contributed by atoms with Gasteiger partial charge in [-0.1, -0.05) is 17.7 Å². The smallest absolute Gasteiger partial charge is 0.186 e. The molecule has 1 heterocycles. The summed E-state index contributed by atoms with van der Waals surface area (Å²) in [5.74, 6) is 0. The fourth-order valence-corrected chi connectivity index (χ4v) is 2.62. The molecule has 0 fully saturated rings. The van der Waals surface area contributed by atoms with Crippen LogP contribution in [0.25, 0.3) is 5.69 Å². The summed E-state index contributed by atoms with van der Waals surface area (Å²) >= 11 is 0. The summed E-state index contributed by atoms with van der Waals surface area (Å²) in [6.07, 6.45) is 1.86. The van der Waals surface area contributed by atoms with Crippen LogP contribution in [-0.2, 0) is 6.54 Å². The lowest BCUT2D eigenvalue weighted by molar-refractivity contribution is 0.908. The predicted octanol–water partition coefficient (Wildman–Crippen LogP) is 2.53. The van der Waals surface area contributed by atoms with Gasteiger partial charge < -0.3 is 10.3 Å². The SMILES string of the molecule is Cc1cc(C)c(-n2cc(CN)c(=O)cc2C)c(C)c1. The number of hydrogen-bond acceptors (Lipinski definition) is 2. The molecular weight excluding hydrogens is 236 g/mol. The Labute approximate surface area is 113 Å². The molecule has 19 heavy (non-hydrogen) atoms. The summed E-state index contributed by atoms with van der Waals surface area (Å²) in [7, 11) is 0. The Morgan fingerprint density at radius 2 is 1.63 bits per heavy atom. The Kier molecular flexibility index (Phi) is 3.58. The summed E-state index contributed by atoms with van der Waals surface area (Å²) in [5.41, 5.74) is 12.0. The number of hydrogen-bond donors (Lipinski definition) is 1. The quantitative estimate of drug-likeness (QED) is 0.897. The van der Waals surface area contributed by atoms with Crippen molar-refractivity contribution in [1.82, 2.24) is 4.57 Å². The van der Waals surface area contributed by atoms with Gasteiger partial charge in [-0.05, 0) is 38.8 Å². The normalized spacial score (nSPS) is 10.8. The van der Waals surface area contributed by atoms with Crippen molar-refractivity contribution in [2.75, 3.05) is 0 Å². The number of benzene rings is 1. The molecule has 1 aromatic heterocycles. The van der Waals surface area contributed by atoms with E-state index in [0.717, 1.165) is 11.4 Å². The third-order valence-corrected chi connectivity index (χ3v) is 3.42. The number of nitrogens with zero attached hydrogens (tertiary/aromatic N) is 1. The van der Waals surface area contributed by atoms with Crippen LogP contribution in [0.5, 0.6) is 0 Å². The highest BCUT2D eigenvalue weighted by atomic mass is 16.1. The molecule has 3 nitrogen and oxygen atoms in total. The van der Waals surface area contributed by atoms with Crippen LogP contribution in [0.15, 0.2) is 29.2 Å². The molecule has 0 spiro atoms. The van der Waals surface area contributed by atoms with Gasteiger partial charge in [0.25, 0.3) is 0 Å². The van der Waals surface area contributed by atoms with E-state index in [1.165, 1.54) is 16.7 Å². The number of pyridine rings is 1. The largest absolute Gasteiger partial charge is 0.326 e. The topological polar surface area (TPSA) is 48.0 Å². The molecule has 0 aliphatic carbocycles. The van der Waals surface area contributed by atoms with E-state index in [9.17, 15) is 4.79 Å². The van der Waals surface area contributed by atoms with Crippen LogP contribution in [0.4, 0.5) is 0 Å². The highest BCUT2D eigenvalue weighted by Crippen LogP contribution is 2.22. The molecule has 0 radical (unpaired) electrons. The fourth-order valence-electron chi connectivity index (χ4n) is 2.62. The van der Waals surface area contributed by atoms with Crippen LogP contribution < -0.4 is 11.2 Å². The lowest BCUT2D eigenvalue weighted by atomic mass is 10.0. The minimum absolute atomic E-state index is 0.0127. The van der Waals surface area contributed by atoms with Crippen molar-refractivity contribution in [2.24, 2.45) is 5.73 Å². The van der Waals surface area contributed by atoms with Gasteiger partial charge in [0.2, 0.25) is 0 Å². The maximum atomic E-state index is 11.8. The highest BCUT2D eigenvalue weighted by molar-refractivity contribution is 5.50. The first-order chi connectivity index (χ1) is 8.93. The molecule has 3 heteroatoms. The molecule has 1 aromatic carbocycles. The summed E-state index contributed by atoms with van der Waals surface area (Å²) in [5, 5.41) is 0. The Morgan fingerprint density at radius 1 is 1.05 bits per heavy atom. The lowest BCUT2D eigenvalue weighted by Gasteiger charge is -2.18. The maximum absolute atomic E-state index is 11.8. The van der Waals surface area contributed by atoms with E-state index in [4.69, 9.17) is 5.73 Å². The molecule has 0 saturated carbocycles. The summed E-state index contributed by atoms with van der Waals surface area (Å²) in [4.78, 5) is 11.8. The van der Waals surface area contributed by atoms with Gasteiger partial charge in [-0.15, -0.1) is 0 Å². The van der Waals surface area contributed by atoms with Gasteiger partial charge in [0.15, 0.2) is 5.43 Å². The molecule has 0 aliphatic heterocycles. The van der Waals surface area contributed by atoms with Crippen LogP contribution in [0, 0.1) is 27.7 Å². The monoisotopic (exact) mass is 256 g/mol. The average Bonchev–Trinajstić information content (AvgIpc) is 2.30. The maximum Gasteiger partial charge on any atom is 0.186 e. The van der Waals surface area contributed by atoms with Crippen LogP contribution in [-0.4, -0.2) is 4.57 Å². The van der Waals surface area contributed by atoms with Gasteiger partial charge in [-0.2, -0.15) is 0 Å². The second kappa shape index (κ2) is 5.02. The predicted molar refractivity (Wildman–Crippen MR) is 78.9 cm³/mol. The van der Waals surface area contributed by atoms with Crippen LogP contribution >= 0.6 is 0 Å². The molecule has 0 aliphatic rings. The minimum Gasteiger partial charge on any atom is -0.326 e. The zero-order valence-electron chi connectivity index (χ0n) is 11.9. The Morgan fingerprint density at radius 3 is 2.16 bits per heavy atom. The number of aromatic nitrogens is 1. The number of aryl methyl sites for hydroxylation is 4. The van der Waals surface area contributed by atoms with Crippen molar-refractivity contribution in [3.63, 3.8) is 0 Å². The van der Waals surface area contributed by atoms with E-state index in [2.05, 4.69) is 37.5 Å². The van der Waals surface area contributed by atoms with Crippen molar-refractivity contribution in [2.45, 2.75) is 34.2 Å². The van der Waals surface area contributed by atoms with Gasteiger partial charge in [-0.3, -0.25) is 4.79 Å². The molecule has 0 unspecified atom stereocenters. The van der Waals surface area contributed by atoms with Gasteiger partial charge in [-0.25, -0.2) is 0 Å². The molecule has 2 aromatic rings. The van der Waals surface area contributed by atoms with Crippen LogP contribution in [0.1, 0.15) is 27.9 Å². The van der Waals surface area contributed by atoms with Crippen molar-refractivity contribution in [3.05, 3.63) is 62.6 Å². The molecule has 2 N–H and O–H groups in total. The zero-order chi connectivity index (χ0) is 14.2. The Bertz CT molecular complexity index is 661. The molecule has 100 valence electrons. The summed E-state index contributed by atoms with van der Waals surface area (Å²) in [6.45, 7) is 8.49. The van der Waals surface area contributed by atoms with Crippen molar-refractivity contribution >= 4 is 0 Å². The van der Waals surface area contributed by atoms with Crippen LogP contribution in [0.2, 0.25) is 0 Å². The van der Waals surface area contributed by atoms with E-state index >= 15 is 0 Å². The first-order valence-corrected chi connectivity index (χ1v) is 6.44. The first kappa shape index (κ1) is 13.6. The zero-order valence-corrected chi connectivity index (χ0v) is 11.9. The second-order valence-corrected chi connectivity index (χ2v) is 5.13. The third-order valence-electron chi connectivity index (χ3n) is 3.42. The van der Waals surface area contributed by atoms with E-state index < -0.39 is 0 Å². The second-order valence-electron chi connectivity index (χ2n) is 5.13. The third kappa shape index (κ3) is 2.47. The molecule has 0 bridgehead atoms. The number of nitrogens with two attached hydrogens (primary N) is 1. The minimum atomic E-state index is 0.0127. The molecule has 2 rings (SSSR count). The molecular formula is C16H20N2O. The fraction of sp³-hybridized carbons (Fsp3) is 0.312. The van der Waals surface area contributed by atoms with E-state index in [-0.39, 0.29) is 12.0 Å². The summed E-state index contributed by atoms with van der Waals surface area (Å²) < 4.78 is 2.06. The standard InChI is InChI=1S/C16H20N2O/c1-10-5-11(2)16(12(3)6-10)18-9-14(8-17)15(19)7-13(18)4/h5-7,9H,8,17H2,1-4H3. The van der Waals surface area contributed by atoms with E-state index in [0.29, 0.717) is 5.56 Å². The molecule has 0 atom stereocenters. The van der Waals surface area contributed by atoms with E-state index in [1.54, 1.807) is 6.07 Å². The van der Waals surface area contributed by atoms with Crippen molar-refractivity contribution in [1.29, 1.82) is 0 Å². The molecule has 0 saturated heterocycles. The van der Waals surface area contributed by atoms with Gasteiger partial charge >= 0.3 is 0 Å². The Balaban J connectivity index is 2.76. The first-order valence-electron chi connectivity index (χ1n) is 6.44. The number of rotatable bonds is 2. The van der Waals surface area contributed by atoms with Crippen molar-refractivity contribution < 1.29 is 0 Å². The highest BCUT2D eigenvalue weighted by Gasteiger charge is 2.09. The summed E-state index contributed by atoms with van der Waals surface area (Å²) in [6, 6.07) is 5.96. The lowest BCUT2D eigenvalue weighted by Crippen LogP contribution is -2.17. The molecule has 0 amide bonds.